The summed E-state index contributed by atoms with van der Waals surface area (Å²) in [5.74, 6) is -0.636. The number of carbonyl (C=O) groups is 1. The van der Waals surface area contributed by atoms with Crippen molar-refractivity contribution in [2.75, 3.05) is 24.6 Å². The van der Waals surface area contributed by atoms with Gasteiger partial charge in [-0.05, 0) is 75.0 Å². The van der Waals surface area contributed by atoms with Crippen molar-refractivity contribution in [3.63, 3.8) is 0 Å². The number of aromatic nitrogens is 3. The van der Waals surface area contributed by atoms with Crippen molar-refractivity contribution in [2.45, 2.75) is 57.5 Å². The van der Waals surface area contributed by atoms with Gasteiger partial charge < -0.3 is 19.7 Å². The first kappa shape index (κ1) is 23.3. The molecule has 1 aromatic carbocycles. The number of piperidine rings is 1. The fourth-order valence-electron chi connectivity index (χ4n) is 6.24. The number of ether oxygens (including phenoxy) is 1. The van der Waals surface area contributed by atoms with Crippen molar-refractivity contribution in [1.29, 1.82) is 0 Å². The average Bonchev–Trinajstić information content (AvgIpc) is 3.34. The van der Waals surface area contributed by atoms with Crippen LogP contribution in [-0.4, -0.2) is 51.8 Å². The summed E-state index contributed by atoms with van der Waals surface area (Å²) in [5.41, 5.74) is 0.820. The summed E-state index contributed by atoms with van der Waals surface area (Å²) in [6.07, 6.45) is 8.99. The van der Waals surface area contributed by atoms with E-state index in [4.69, 9.17) is 4.74 Å². The molecule has 0 atom stereocenters. The van der Waals surface area contributed by atoms with E-state index in [9.17, 15) is 18.7 Å². The summed E-state index contributed by atoms with van der Waals surface area (Å²) in [7, 11) is 0. The standard InChI is InChI=1S/C27H30F2N4O3/c28-18-13-20(29)23-21(14-18)31-24(32-23)17-1-2-22(30-15-17)33-11-3-19(4-12-33)36-16-26-5-8-27(9-6-26,10-7-26)25(34)35/h1-2,13-15,19H,3-12,16H2,(H,31,32)(H,34,35). The molecule has 2 N–H and O–H groups in total. The largest absolute Gasteiger partial charge is 0.481 e. The van der Waals surface area contributed by atoms with Crippen molar-refractivity contribution in [3.8, 4) is 11.4 Å². The van der Waals surface area contributed by atoms with Gasteiger partial charge in [-0.25, -0.2) is 18.7 Å². The fraction of sp³-hybridized carbons (Fsp3) is 0.519. The summed E-state index contributed by atoms with van der Waals surface area (Å²) in [5, 5.41) is 9.60. The second-order valence-electron chi connectivity index (χ2n) is 10.9. The van der Waals surface area contributed by atoms with E-state index in [-0.39, 0.29) is 17.0 Å². The van der Waals surface area contributed by atoms with Crippen molar-refractivity contribution < 1.29 is 23.4 Å². The topological polar surface area (TPSA) is 91.3 Å². The minimum absolute atomic E-state index is 0.111. The molecule has 0 amide bonds. The zero-order chi connectivity index (χ0) is 24.9. The van der Waals surface area contributed by atoms with Gasteiger partial charge >= 0.3 is 5.97 Å². The van der Waals surface area contributed by atoms with E-state index in [1.165, 1.54) is 6.07 Å². The van der Waals surface area contributed by atoms with Crippen molar-refractivity contribution in [3.05, 3.63) is 42.1 Å². The Bertz CT molecular complexity index is 1260. The van der Waals surface area contributed by atoms with E-state index in [0.717, 1.165) is 82.9 Å². The lowest BCUT2D eigenvalue weighted by Gasteiger charge is -2.51. The molecule has 7 rings (SSSR count). The van der Waals surface area contributed by atoms with Crippen LogP contribution in [0.1, 0.15) is 51.4 Å². The van der Waals surface area contributed by atoms with Gasteiger partial charge in [-0.15, -0.1) is 0 Å². The van der Waals surface area contributed by atoms with Crippen LogP contribution in [0, 0.1) is 22.5 Å². The lowest BCUT2D eigenvalue weighted by Crippen LogP contribution is -2.48. The lowest BCUT2D eigenvalue weighted by atomic mass is 9.54. The van der Waals surface area contributed by atoms with E-state index >= 15 is 0 Å². The van der Waals surface area contributed by atoms with Gasteiger partial charge in [-0.2, -0.15) is 0 Å². The number of hydrogen-bond acceptors (Lipinski definition) is 5. The Morgan fingerprint density at radius 2 is 1.83 bits per heavy atom. The number of fused-ring (bicyclic) bond motifs is 4. The fourth-order valence-corrected chi connectivity index (χ4v) is 6.24. The predicted molar refractivity (Wildman–Crippen MR) is 131 cm³/mol. The number of nitrogens with zero attached hydrogens (tertiary/aromatic N) is 3. The first-order chi connectivity index (χ1) is 17.3. The number of aromatic amines is 1. The minimum atomic E-state index is -0.692. The Morgan fingerprint density at radius 1 is 1.11 bits per heavy atom. The van der Waals surface area contributed by atoms with Gasteiger partial charge in [-0.1, -0.05) is 0 Å². The molecule has 7 nitrogen and oxygen atoms in total. The number of H-pyrrole nitrogens is 1. The summed E-state index contributed by atoms with van der Waals surface area (Å²) in [6, 6.07) is 5.88. The first-order valence-corrected chi connectivity index (χ1v) is 12.8. The molecule has 0 unspecified atom stereocenters. The van der Waals surface area contributed by atoms with Crippen LogP contribution >= 0.6 is 0 Å². The van der Waals surface area contributed by atoms with Crippen LogP contribution in [0.3, 0.4) is 0 Å². The molecule has 3 saturated carbocycles. The maximum Gasteiger partial charge on any atom is 0.309 e. The van der Waals surface area contributed by atoms with Crippen LogP contribution in [0.15, 0.2) is 30.5 Å². The average molecular weight is 497 g/mol. The highest BCUT2D eigenvalue weighted by Crippen LogP contribution is 2.57. The van der Waals surface area contributed by atoms with Crippen LogP contribution in [-0.2, 0) is 9.53 Å². The molecule has 3 heterocycles. The number of carboxylic acid groups (broad SMARTS) is 1. The van der Waals surface area contributed by atoms with Crippen molar-refractivity contribution >= 4 is 22.8 Å². The van der Waals surface area contributed by atoms with E-state index in [1.54, 1.807) is 6.20 Å². The Morgan fingerprint density at radius 3 is 2.47 bits per heavy atom. The zero-order valence-corrected chi connectivity index (χ0v) is 20.1. The monoisotopic (exact) mass is 496 g/mol. The number of pyridine rings is 1. The van der Waals surface area contributed by atoms with Crippen LogP contribution in [0.25, 0.3) is 22.4 Å². The zero-order valence-electron chi connectivity index (χ0n) is 20.1. The molecule has 190 valence electrons. The van der Waals surface area contributed by atoms with Gasteiger partial charge in [-0.3, -0.25) is 4.79 Å². The second-order valence-corrected chi connectivity index (χ2v) is 10.9. The number of benzene rings is 1. The van der Waals surface area contributed by atoms with Gasteiger partial charge in [0.25, 0.3) is 0 Å². The third-order valence-corrected chi connectivity index (χ3v) is 8.77. The summed E-state index contributed by atoms with van der Waals surface area (Å²) >= 11 is 0. The Balaban J connectivity index is 1.03. The van der Waals surface area contributed by atoms with E-state index in [2.05, 4.69) is 19.9 Å². The highest BCUT2D eigenvalue weighted by atomic mass is 19.1. The molecule has 1 saturated heterocycles. The normalized spacial score (nSPS) is 26.6. The van der Waals surface area contributed by atoms with Gasteiger partial charge in [0.15, 0.2) is 5.82 Å². The molecule has 0 radical (unpaired) electrons. The third kappa shape index (κ3) is 4.13. The molecule has 3 aliphatic carbocycles. The Kier molecular flexibility index (Phi) is 5.70. The highest BCUT2D eigenvalue weighted by Gasteiger charge is 2.52. The highest BCUT2D eigenvalue weighted by molar-refractivity contribution is 5.80. The molecule has 4 aliphatic rings. The molecule has 0 spiro atoms. The van der Waals surface area contributed by atoms with Crippen molar-refractivity contribution in [2.24, 2.45) is 10.8 Å². The Labute approximate surface area is 207 Å². The number of rotatable bonds is 6. The minimum Gasteiger partial charge on any atom is -0.481 e. The van der Waals surface area contributed by atoms with Crippen LogP contribution in [0.5, 0.6) is 0 Å². The molecular weight excluding hydrogens is 466 g/mol. The number of imidazole rings is 1. The number of carboxylic acids is 1. The molecule has 2 aromatic heterocycles. The van der Waals surface area contributed by atoms with E-state index < -0.39 is 23.0 Å². The van der Waals surface area contributed by atoms with Gasteiger partial charge in [0.2, 0.25) is 0 Å². The number of hydrogen-bond donors (Lipinski definition) is 2. The predicted octanol–water partition coefficient (Wildman–Crippen LogP) is 5.31. The number of aliphatic carboxylic acids is 1. The van der Waals surface area contributed by atoms with E-state index in [1.807, 2.05) is 12.1 Å². The lowest BCUT2D eigenvalue weighted by molar-refractivity contribution is -0.162. The maximum absolute atomic E-state index is 14.0. The van der Waals surface area contributed by atoms with Gasteiger partial charge in [0.1, 0.15) is 23.0 Å². The molecule has 4 fully saturated rings. The summed E-state index contributed by atoms with van der Waals surface area (Å²) < 4.78 is 33.8. The second kappa shape index (κ2) is 8.80. The smallest absolute Gasteiger partial charge is 0.309 e. The SMILES string of the molecule is O=C(O)C12CCC(COC3CCN(c4ccc(-c5nc6c(F)cc(F)cc6[nH]5)cn4)CC3)(CC1)CC2. The number of nitrogens with one attached hydrogen (secondary N) is 1. The number of anilines is 1. The van der Waals surface area contributed by atoms with Gasteiger partial charge in [0.05, 0.1) is 23.6 Å². The first-order valence-electron chi connectivity index (χ1n) is 12.8. The number of halogens is 2. The maximum atomic E-state index is 14.0. The molecule has 3 aromatic rings. The van der Waals surface area contributed by atoms with E-state index in [0.29, 0.717) is 16.9 Å². The molecular formula is C27H30F2N4O3. The Hall–Kier alpha value is -3.07. The molecule has 36 heavy (non-hydrogen) atoms. The summed E-state index contributed by atoms with van der Waals surface area (Å²) in [4.78, 5) is 25.7. The quantitative estimate of drug-likeness (QED) is 0.480. The van der Waals surface area contributed by atoms with Gasteiger partial charge in [0, 0.05) is 30.9 Å². The van der Waals surface area contributed by atoms with Crippen LogP contribution < -0.4 is 4.90 Å². The summed E-state index contributed by atoms with van der Waals surface area (Å²) in [6.45, 7) is 2.44. The van der Waals surface area contributed by atoms with Crippen molar-refractivity contribution in [1.82, 2.24) is 15.0 Å². The van der Waals surface area contributed by atoms with Crippen LogP contribution in [0.2, 0.25) is 0 Å². The third-order valence-electron chi connectivity index (χ3n) is 8.77. The van der Waals surface area contributed by atoms with Crippen LogP contribution in [0.4, 0.5) is 14.6 Å². The molecule has 1 aliphatic heterocycles. The molecule has 9 heteroatoms. The molecule has 2 bridgehead atoms.